The summed E-state index contributed by atoms with van der Waals surface area (Å²) >= 11 is 0. The highest BCUT2D eigenvalue weighted by Crippen LogP contribution is 2.04. The molecular formula is C13H17N5O3. The van der Waals surface area contributed by atoms with E-state index >= 15 is 0 Å². The largest absolute Gasteiger partial charge is 0.355 e. The molecule has 0 spiro atoms. The van der Waals surface area contributed by atoms with E-state index in [1.807, 2.05) is 6.07 Å². The van der Waals surface area contributed by atoms with E-state index in [2.05, 4.69) is 15.7 Å². The number of nitriles is 1. The number of aromatic nitrogens is 2. The number of carbonyl (C=O) groups is 2. The number of aryl methyl sites for hydroxylation is 1. The average molecular weight is 291 g/mol. The molecule has 2 N–H and O–H groups in total. The second kappa shape index (κ2) is 7.19. The van der Waals surface area contributed by atoms with Crippen molar-refractivity contribution in [3.8, 4) is 6.07 Å². The first kappa shape index (κ1) is 16.4. The standard InChI is InChI=1S/C13H17N5O3/c1-4-15-11(19)6-16-12(20)7-18-13(21)10(5-14)8(2)9(3)17-18/h4,6-7H2,1-3H3,(H,15,19)(H,16,20). The maximum absolute atomic E-state index is 12.0. The van der Waals surface area contributed by atoms with Crippen molar-refractivity contribution in [3.63, 3.8) is 0 Å². The zero-order chi connectivity index (χ0) is 16.0. The van der Waals surface area contributed by atoms with Crippen molar-refractivity contribution >= 4 is 11.8 Å². The van der Waals surface area contributed by atoms with Crippen LogP contribution in [0, 0.1) is 25.2 Å². The molecule has 1 heterocycles. The van der Waals surface area contributed by atoms with E-state index in [4.69, 9.17) is 5.26 Å². The zero-order valence-electron chi connectivity index (χ0n) is 12.2. The molecule has 0 unspecified atom stereocenters. The molecule has 8 nitrogen and oxygen atoms in total. The Kier molecular flexibility index (Phi) is 5.60. The minimum Gasteiger partial charge on any atom is -0.355 e. The molecule has 1 aromatic rings. The van der Waals surface area contributed by atoms with Crippen LogP contribution in [0.15, 0.2) is 4.79 Å². The van der Waals surface area contributed by atoms with Gasteiger partial charge >= 0.3 is 0 Å². The number of amides is 2. The summed E-state index contributed by atoms with van der Waals surface area (Å²) in [6.45, 7) is 5.01. The highest BCUT2D eigenvalue weighted by molar-refractivity contribution is 5.84. The molecule has 0 aliphatic rings. The van der Waals surface area contributed by atoms with Crippen molar-refractivity contribution in [3.05, 3.63) is 27.2 Å². The van der Waals surface area contributed by atoms with Crippen molar-refractivity contribution in [2.75, 3.05) is 13.1 Å². The number of nitrogens with zero attached hydrogens (tertiary/aromatic N) is 3. The van der Waals surface area contributed by atoms with Gasteiger partial charge in [0.15, 0.2) is 0 Å². The van der Waals surface area contributed by atoms with E-state index in [1.54, 1.807) is 20.8 Å². The number of hydrogen-bond donors (Lipinski definition) is 2. The van der Waals surface area contributed by atoms with Crippen LogP contribution in [0.2, 0.25) is 0 Å². The van der Waals surface area contributed by atoms with Crippen LogP contribution in [-0.2, 0) is 16.1 Å². The van der Waals surface area contributed by atoms with Gasteiger partial charge < -0.3 is 10.6 Å². The number of likely N-dealkylation sites (N-methyl/N-ethyl adjacent to an activating group) is 1. The minimum atomic E-state index is -0.617. The van der Waals surface area contributed by atoms with Crippen LogP contribution in [0.4, 0.5) is 0 Å². The summed E-state index contributed by atoms with van der Waals surface area (Å²) in [7, 11) is 0. The Labute approximate surface area is 121 Å². The van der Waals surface area contributed by atoms with Gasteiger partial charge in [0.1, 0.15) is 18.2 Å². The van der Waals surface area contributed by atoms with Crippen molar-refractivity contribution < 1.29 is 9.59 Å². The van der Waals surface area contributed by atoms with Gasteiger partial charge in [0.25, 0.3) is 5.56 Å². The third kappa shape index (κ3) is 4.14. The summed E-state index contributed by atoms with van der Waals surface area (Å²) in [5.41, 5.74) is 0.358. The fourth-order valence-corrected chi connectivity index (χ4v) is 1.64. The van der Waals surface area contributed by atoms with Crippen LogP contribution in [0.1, 0.15) is 23.7 Å². The molecule has 0 radical (unpaired) electrons. The molecule has 0 saturated carbocycles. The number of rotatable bonds is 5. The normalized spacial score (nSPS) is 9.81. The van der Waals surface area contributed by atoms with Crippen LogP contribution < -0.4 is 16.2 Å². The first-order chi connectivity index (χ1) is 9.90. The van der Waals surface area contributed by atoms with Crippen LogP contribution in [0.5, 0.6) is 0 Å². The maximum atomic E-state index is 12.0. The molecule has 0 aliphatic heterocycles. The van der Waals surface area contributed by atoms with E-state index < -0.39 is 11.5 Å². The third-order valence-corrected chi connectivity index (χ3v) is 2.86. The van der Waals surface area contributed by atoms with Crippen LogP contribution in [0.25, 0.3) is 0 Å². The first-order valence-corrected chi connectivity index (χ1v) is 6.42. The molecule has 8 heteroatoms. The summed E-state index contributed by atoms with van der Waals surface area (Å²) in [5, 5.41) is 17.9. The van der Waals surface area contributed by atoms with Crippen LogP contribution >= 0.6 is 0 Å². The Morgan fingerprint density at radius 1 is 1.29 bits per heavy atom. The summed E-state index contributed by atoms with van der Waals surface area (Å²) in [6.07, 6.45) is 0. The summed E-state index contributed by atoms with van der Waals surface area (Å²) in [6, 6.07) is 1.82. The smallest absolute Gasteiger partial charge is 0.285 e. The topological polar surface area (TPSA) is 117 Å². The quantitative estimate of drug-likeness (QED) is 0.720. The Morgan fingerprint density at radius 3 is 2.52 bits per heavy atom. The lowest BCUT2D eigenvalue weighted by Gasteiger charge is -2.09. The van der Waals surface area contributed by atoms with Crippen molar-refractivity contribution in [2.45, 2.75) is 27.3 Å². The molecule has 2 amide bonds. The van der Waals surface area contributed by atoms with E-state index in [1.165, 1.54) is 0 Å². The Hall–Kier alpha value is -2.69. The molecule has 21 heavy (non-hydrogen) atoms. The summed E-state index contributed by atoms with van der Waals surface area (Å²) in [5.74, 6) is -0.841. The molecule has 0 atom stereocenters. The van der Waals surface area contributed by atoms with Gasteiger partial charge in [0.05, 0.1) is 12.2 Å². The van der Waals surface area contributed by atoms with Crippen molar-refractivity contribution in [2.24, 2.45) is 0 Å². The van der Waals surface area contributed by atoms with Crippen molar-refractivity contribution in [1.82, 2.24) is 20.4 Å². The molecule has 0 saturated heterocycles. The lowest BCUT2D eigenvalue weighted by atomic mass is 10.1. The Bertz CT molecular complexity index is 657. The van der Waals surface area contributed by atoms with Gasteiger partial charge in [0.2, 0.25) is 11.8 Å². The van der Waals surface area contributed by atoms with Crippen LogP contribution in [0.3, 0.4) is 0 Å². The fourth-order valence-electron chi connectivity index (χ4n) is 1.64. The van der Waals surface area contributed by atoms with E-state index in [0.717, 1.165) is 4.68 Å². The molecule has 0 aliphatic carbocycles. The predicted molar refractivity (Wildman–Crippen MR) is 74.4 cm³/mol. The number of hydrogen-bond acceptors (Lipinski definition) is 5. The summed E-state index contributed by atoms with van der Waals surface area (Å²) < 4.78 is 0.925. The van der Waals surface area contributed by atoms with E-state index in [9.17, 15) is 14.4 Å². The maximum Gasteiger partial charge on any atom is 0.285 e. The van der Waals surface area contributed by atoms with Gasteiger partial charge in [-0.1, -0.05) is 0 Å². The molecule has 0 bridgehead atoms. The predicted octanol–water partition coefficient (Wildman–Crippen LogP) is -1.02. The molecule has 112 valence electrons. The van der Waals surface area contributed by atoms with Gasteiger partial charge in [-0.05, 0) is 26.3 Å². The van der Waals surface area contributed by atoms with E-state index in [-0.39, 0.29) is 24.6 Å². The third-order valence-electron chi connectivity index (χ3n) is 2.86. The van der Waals surface area contributed by atoms with Gasteiger partial charge in [0, 0.05) is 6.54 Å². The Balaban J connectivity index is 2.83. The Morgan fingerprint density at radius 2 is 1.95 bits per heavy atom. The first-order valence-electron chi connectivity index (χ1n) is 6.42. The molecular weight excluding hydrogens is 274 g/mol. The molecule has 0 aromatic carbocycles. The lowest BCUT2D eigenvalue weighted by molar-refractivity contribution is -0.126. The average Bonchev–Trinajstić information content (AvgIpc) is 2.43. The number of carbonyl (C=O) groups excluding carboxylic acids is 2. The van der Waals surface area contributed by atoms with Gasteiger partial charge in [-0.3, -0.25) is 14.4 Å². The summed E-state index contributed by atoms with van der Waals surface area (Å²) in [4.78, 5) is 34.9. The van der Waals surface area contributed by atoms with Gasteiger partial charge in [-0.15, -0.1) is 0 Å². The lowest BCUT2D eigenvalue weighted by Crippen LogP contribution is -2.40. The SMILES string of the molecule is CCNC(=O)CNC(=O)Cn1nc(C)c(C)c(C#N)c1=O. The zero-order valence-corrected chi connectivity index (χ0v) is 12.2. The highest BCUT2D eigenvalue weighted by atomic mass is 16.2. The van der Waals surface area contributed by atoms with E-state index in [0.29, 0.717) is 17.8 Å². The van der Waals surface area contributed by atoms with Gasteiger partial charge in [-0.25, -0.2) is 4.68 Å². The van der Waals surface area contributed by atoms with Crippen LogP contribution in [-0.4, -0.2) is 34.7 Å². The fraction of sp³-hybridized carbons (Fsp3) is 0.462. The minimum absolute atomic E-state index is 0.0287. The monoisotopic (exact) mass is 291 g/mol. The van der Waals surface area contributed by atoms with Crippen molar-refractivity contribution in [1.29, 1.82) is 5.26 Å². The second-order valence-electron chi connectivity index (χ2n) is 4.39. The number of nitrogens with one attached hydrogen (secondary N) is 2. The molecule has 1 rings (SSSR count). The highest BCUT2D eigenvalue weighted by Gasteiger charge is 2.14. The van der Waals surface area contributed by atoms with Gasteiger partial charge in [-0.2, -0.15) is 10.4 Å². The molecule has 1 aromatic heterocycles. The molecule has 0 fully saturated rings. The second-order valence-corrected chi connectivity index (χ2v) is 4.39.